The van der Waals surface area contributed by atoms with Gasteiger partial charge in [0, 0.05) is 24.7 Å². The minimum absolute atomic E-state index is 0.125. The number of ether oxygens (including phenoxy) is 1. The molecule has 0 bridgehead atoms. The Hall–Kier alpha value is -1.36. The Labute approximate surface area is 108 Å². The lowest BCUT2D eigenvalue weighted by Gasteiger charge is -2.37. The van der Waals surface area contributed by atoms with Crippen LogP contribution in [0.2, 0.25) is 0 Å². The molecule has 1 aliphatic heterocycles. The highest BCUT2D eigenvalue weighted by atomic mass is 16.5. The summed E-state index contributed by atoms with van der Waals surface area (Å²) < 4.78 is 5.60. The Morgan fingerprint density at radius 1 is 1.44 bits per heavy atom. The summed E-state index contributed by atoms with van der Waals surface area (Å²) in [5.74, 6) is 1.57. The molecule has 2 heterocycles. The van der Waals surface area contributed by atoms with Gasteiger partial charge >= 0.3 is 0 Å². The van der Waals surface area contributed by atoms with Crippen LogP contribution in [0.15, 0.2) is 12.4 Å². The van der Waals surface area contributed by atoms with Crippen LogP contribution >= 0.6 is 0 Å². The second-order valence-electron chi connectivity index (χ2n) is 5.21. The third kappa shape index (κ3) is 3.10. The molecule has 1 saturated heterocycles. The average Bonchev–Trinajstić information content (AvgIpc) is 2.28. The van der Waals surface area contributed by atoms with Crippen molar-refractivity contribution in [1.29, 1.82) is 0 Å². The molecule has 2 unspecified atom stereocenters. The lowest BCUT2D eigenvalue weighted by molar-refractivity contribution is 0.232. The van der Waals surface area contributed by atoms with Crippen molar-refractivity contribution in [3.05, 3.63) is 12.4 Å². The molecule has 0 spiro atoms. The predicted octanol–water partition coefficient (Wildman–Crippen LogP) is 1.58. The Morgan fingerprint density at radius 2 is 2.22 bits per heavy atom. The van der Waals surface area contributed by atoms with Crippen molar-refractivity contribution in [3.8, 4) is 5.88 Å². The van der Waals surface area contributed by atoms with Crippen molar-refractivity contribution in [2.75, 3.05) is 11.4 Å². The van der Waals surface area contributed by atoms with Gasteiger partial charge in [-0.1, -0.05) is 0 Å². The van der Waals surface area contributed by atoms with Crippen molar-refractivity contribution in [3.63, 3.8) is 0 Å². The van der Waals surface area contributed by atoms with Gasteiger partial charge in [-0.2, -0.15) is 0 Å². The van der Waals surface area contributed by atoms with Crippen LogP contribution in [0.1, 0.15) is 33.6 Å². The molecular weight excluding hydrogens is 228 g/mol. The second-order valence-corrected chi connectivity index (χ2v) is 5.21. The SMILES string of the molecule is CC(C)Oc1cc(N2CCC(N)CC2C)ncn1. The maximum absolute atomic E-state index is 5.98. The van der Waals surface area contributed by atoms with Crippen LogP contribution in [0.5, 0.6) is 5.88 Å². The maximum Gasteiger partial charge on any atom is 0.218 e. The fourth-order valence-electron chi connectivity index (χ4n) is 2.34. The molecule has 1 aromatic rings. The zero-order chi connectivity index (χ0) is 13.1. The fraction of sp³-hybridized carbons (Fsp3) is 0.692. The molecular formula is C13H22N4O. The third-order valence-electron chi connectivity index (χ3n) is 3.19. The zero-order valence-electron chi connectivity index (χ0n) is 11.3. The number of aromatic nitrogens is 2. The van der Waals surface area contributed by atoms with E-state index >= 15 is 0 Å². The summed E-state index contributed by atoms with van der Waals surface area (Å²) in [5.41, 5.74) is 5.98. The predicted molar refractivity (Wildman–Crippen MR) is 71.8 cm³/mol. The van der Waals surface area contributed by atoms with Gasteiger partial charge in [-0.05, 0) is 33.6 Å². The normalized spacial score (nSPS) is 24.4. The summed E-state index contributed by atoms with van der Waals surface area (Å²) in [6.07, 6.45) is 3.70. The Balaban J connectivity index is 2.12. The lowest BCUT2D eigenvalue weighted by atomic mass is 9.99. The topological polar surface area (TPSA) is 64.3 Å². The van der Waals surface area contributed by atoms with E-state index in [1.807, 2.05) is 19.9 Å². The Morgan fingerprint density at radius 3 is 2.89 bits per heavy atom. The molecule has 1 aromatic heterocycles. The van der Waals surface area contributed by atoms with Gasteiger partial charge in [0.25, 0.3) is 0 Å². The van der Waals surface area contributed by atoms with Crippen molar-refractivity contribution in [1.82, 2.24) is 9.97 Å². The highest BCUT2D eigenvalue weighted by Crippen LogP contribution is 2.24. The molecule has 5 nitrogen and oxygen atoms in total. The van der Waals surface area contributed by atoms with E-state index in [1.165, 1.54) is 0 Å². The van der Waals surface area contributed by atoms with E-state index in [2.05, 4.69) is 21.8 Å². The number of rotatable bonds is 3. The first-order valence-electron chi connectivity index (χ1n) is 6.57. The molecule has 1 fully saturated rings. The average molecular weight is 250 g/mol. The number of piperidine rings is 1. The van der Waals surface area contributed by atoms with Gasteiger partial charge in [0.15, 0.2) is 0 Å². The van der Waals surface area contributed by atoms with Crippen molar-refractivity contribution in [2.45, 2.75) is 51.8 Å². The van der Waals surface area contributed by atoms with Crippen LogP contribution in [0.3, 0.4) is 0 Å². The van der Waals surface area contributed by atoms with Crippen LogP contribution in [0.4, 0.5) is 5.82 Å². The number of hydrogen-bond donors (Lipinski definition) is 1. The first-order valence-corrected chi connectivity index (χ1v) is 6.57. The summed E-state index contributed by atoms with van der Waals surface area (Å²) in [6, 6.07) is 2.63. The number of nitrogens with two attached hydrogens (primary N) is 1. The monoisotopic (exact) mass is 250 g/mol. The molecule has 2 atom stereocenters. The van der Waals surface area contributed by atoms with Crippen molar-refractivity contribution >= 4 is 5.82 Å². The van der Waals surface area contributed by atoms with Crippen LogP contribution < -0.4 is 15.4 Å². The molecule has 0 amide bonds. The maximum atomic E-state index is 5.98. The summed E-state index contributed by atoms with van der Waals surface area (Å²) in [4.78, 5) is 10.7. The van der Waals surface area contributed by atoms with Gasteiger partial charge in [-0.3, -0.25) is 0 Å². The van der Waals surface area contributed by atoms with Crippen LogP contribution in [-0.4, -0.2) is 34.7 Å². The van der Waals surface area contributed by atoms with E-state index in [0.29, 0.717) is 18.0 Å². The lowest BCUT2D eigenvalue weighted by Crippen LogP contribution is -2.46. The highest BCUT2D eigenvalue weighted by Gasteiger charge is 2.24. The quantitative estimate of drug-likeness (QED) is 0.882. The highest BCUT2D eigenvalue weighted by molar-refractivity contribution is 5.42. The molecule has 100 valence electrons. The first-order chi connectivity index (χ1) is 8.56. The van der Waals surface area contributed by atoms with Crippen molar-refractivity contribution < 1.29 is 4.74 Å². The molecule has 2 N–H and O–H groups in total. The standard InChI is InChI=1S/C13H22N4O/c1-9(2)18-13-7-12(15-8-16-13)17-5-4-11(14)6-10(17)3/h7-11H,4-6,14H2,1-3H3. The molecule has 0 radical (unpaired) electrons. The van der Waals surface area contributed by atoms with Gasteiger partial charge in [-0.25, -0.2) is 9.97 Å². The summed E-state index contributed by atoms with van der Waals surface area (Å²) in [7, 11) is 0. The van der Waals surface area contributed by atoms with Crippen LogP contribution in [-0.2, 0) is 0 Å². The van der Waals surface area contributed by atoms with Crippen molar-refractivity contribution in [2.24, 2.45) is 5.73 Å². The van der Waals surface area contributed by atoms with E-state index in [4.69, 9.17) is 10.5 Å². The van der Waals surface area contributed by atoms with E-state index < -0.39 is 0 Å². The van der Waals surface area contributed by atoms with Gasteiger partial charge in [0.05, 0.1) is 6.10 Å². The van der Waals surface area contributed by atoms with Gasteiger partial charge in [0.1, 0.15) is 12.1 Å². The number of hydrogen-bond acceptors (Lipinski definition) is 5. The number of anilines is 1. The Kier molecular flexibility index (Phi) is 4.01. The second kappa shape index (κ2) is 5.52. The number of nitrogens with zero attached hydrogens (tertiary/aromatic N) is 3. The Bertz CT molecular complexity index is 396. The third-order valence-corrected chi connectivity index (χ3v) is 3.19. The molecule has 0 saturated carbocycles. The minimum atomic E-state index is 0.125. The molecule has 18 heavy (non-hydrogen) atoms. The largest absolute Gasteiger partial charge is 0.475 e. The van der Waals surface area contributed by atoms with E-state index in [0.717, 1.165) is 25.2 Å². The molecule has 1 aliphatic rings. The molecule has 0 aromatic carbocycles. The summed E-state index contributed by atoms with van der Waals surface area (Å²) >= 11 is 0. The zero-order valence-corrected chi connectivity index (χ0v) is 11.3. The molecule has 0 aliphatic carbocycles. The molecule has 5 heteroatoms. The smallest absolute Gasteiger partial charge is 0.218 e. The minimum Gasteiger partial charge on any atom is -0.475 e. The molecule has 2 rings (SSSR count). The van der Waals surface area contributed by atoms with E-state index in [9.17, 15) is 0 Å². The van der Waals surface area contributed by atoms with E-state index in [1.54, 1.807) is 6.33 Å². The van der Waals surface area contributed by atoms with Gasteiger partial charge < -0.3 is 15.4 Å². The first kappa shape index (κ1) is 13.1. The van der Waals surface area contributed by atoms with E-state index in [-0.39, 0.29) is 6.10 Å². The summed E-state index contributed by atoms with van der Waals surface area (Å²) in [6.45, 7) is 7.11. The van der Waals surface area contributed by atoms with Crippen LogP contribution in [0, 0.1) is 0 Å². The summed E-state index contributed by atoms with van der Waals surface area (Å²) in [5, 5.41) is 0. The van der Waals surface area contributed by atoms with Gasteiger partial charge in [0.2, 0.25) is 5.88 Å². The van der Waals surface area contributed by atoms with Gasteiger partial charge in [-0.15, -0.1) is 0 Å². The fourth-order valence-corrected chi connectivity index (χ4v) is 2.34. The van der Waals surface area contributed by atoms with Crippen LogP contribution in [0.25, 0.3) is 0 Å².